The fourth-order valence-electron chi connectivity index (χ4n) is 3.13. The highest BCUT2D eigenvalue weighted by atomic mass is 32.2. The molecular weight excluding hydrogens is 270 g/mol. The Hall–Kier alpha value is -1.16. The SMILES string of the molecule is CCC1(CNc2cccc(SC)c2C(=O)O)CCCC1. The van der Waals surface area contributed by atoms with Crippen LogP contribution in [-0.2, 0) is 0 Å². The Morgan fingerprint density at radius 1 is 1.40 bits per heavy atom. The van der Waals surface area contributed by atoms with Gasteiger partial charge in [0.15, 0.2) is 0 Å². The Balaban J connectivity index is 2.19. The van der Waals surface area contributed by atoms with E-state index in [-0.39, 0.29) is 0 Å². The minimum Gasteiger partial charge on any atom is -0.478 e. The number of thioether (sulfide) groups is 1. The molecule has 0 heterocycles. The molecule has 3 nitrogen and oxygen atoms in total. The number of benzene rings is 1. The van der Waals surface area contributed by atoms with Crippen LogP contribution in [0.15, 0.2) is 23.1 Å². The lowest BCUT2D eigenvalue weighted by molar-refractivity contribution is 0.0694. The summed E-state index contributed by atoms with van der Waals surface area (Å²) in [5.74, 6) is -0.852. The van der Waals surface area contributed by atoms with Gasteiger partial charge >= 0.3 is 5.97 Å². The zero-order chi connectivity index (χ0) is 14.6. The highest BCUT2D eigenvalue weighted by molar-refractivity contribution is 7.98. The second-order valence-electron chi connectivity index (χ2n) is 5.60. The maximum Gasteiger partial charge on any atom is 0.338 e. The van der Waals surface area contributed by atoms with E-state index in [9.17, 15) is 9.90 Å². The lowest BCUT2D eigenvalue weighted by atomic mass is 9.83. The van der Waals surface area contributed by atoms with E-state index < -0.39 is 5.97 Å². The van der Waals surface area contributed by atoms with E-state index in [0.717, 1.165) is 23.5 Å². The predicted octanol–water partition coefficient (Wildman–Crippen LogP) is 4.49. The number of hydrogen-bond acceptors (Lipinski definition) is 3. The van der Waals surface area contributed by atoms with Crippen LogP contribution in [0.4, 0.5) is 5.69 Å². The smallest absolute Gasteiger partial charge is 0.338 e. The number of hydrogen-bond donors (Lipinski definition) is 2. The van der Waals surface area contributed by atoms with E-state index in [4.69, 9.17) is 0 Å². The number of carboxylic acid groups (broad SMARTS) is 1. The van der Waals surface area contributed by atoms with Crippen molar-refractivity contribution >= 4 is 23.4 Å². The molecule has 1 aliphatic rings. The number of rotatable bonds is 6. The van der Waals surface area contributed by atoms with E-state index in [1.54, 1.807) is 0 Å². The molecule has 0 radical (unpaired) electrons. The predicted molar refractivity (Wildman–Crippen MR) is 84.9 cm³/mol. The van der Waals surface area contributed by atoms with Gasteiger partial charge in [0.2, 0.25) is 0 Å². The second kappa shape index (κ2) is 6.53. The number of nitrogens with one attached hydrogen (secondary N) is 1. The summed E-state index contributed by atoms with van der Waals surface area (Å²) < 4.78 is 0. The van der Waals surface area contributed by atoms with Crippen molar-refractivity contribution in [1.29, 1.82) is 0 Å². The van der Waals surface area contributed by atoms with Crippen LogP contribution >= 0.6 is 11.8 Å². The third kappa shape index (κ3) is 3.11. The summed E-state index contributed by atoms with van der Waals surface area (Å²) in [5.41, 5.74) is 1.51. The van der Waals surface area contributed by atoms with Gasteiger partial charge in [-0.25, -0.2) is 4.79 Å². The molecule has 0 aliphatic heterocycles. The zero-order valence-electron chi connectivity index (χ0n) is 12.2. The fraction of sp³-hybridized carbons (Fsp3) is 0.562. The summed E-state index contributed by atoms with van der Waals surface area (Å²) in [6, 6.07) is 5.67. The highest BCUT2D eigenvalue weighted by Gasteiger charge is 2.32. The first-order valence-electron chi connectivity index (χ1n) is 7.26. The maximum atomic E-state index is 11.5. The van der Waals surface area contributed by atoms with Crippen molar-refractivity contribution in [3.8, 4) is 0 Å². The van der Waals surface area contributed by atoms with Gasteiger partial charge in [-0.15, -0.1) is 11.8 Å². The van der Waals surface area contributed by atoms with E-state index in [2.05, 4.69) is 12.2 Å². The van der Waals surface area contributed by atoms with Crippen molar-refractivity contribution in [2.45, 2.75) is 43.9 Å². The Morgan fingerprint density at radius 3 is 2.65 bits per heavy atom. The topological polar surface area (TPSA) is 49.3 Å². The summed E-state index contributed by atoms with van der Waals surface area (Å²) >= 11 is 1.48. The molecule has 0 unspecified atom stereocenters. The molecule has 0 spiro atoms. The van der Waals surface area contributed by atoms with E-state index in [0.29, 0.717) is 11.0 Å². The molecule has 1 fully saturated rings. The zero-order valence-corrected chi connectivity index (χ0v) is 13.1. The lowest BCUT2D eigenvalue weighted by Gasteiger charge is -2.28. The standard InChI is InChI=1S/C16H23NO2S/c1-3-16(9-4-5-10-16)11-17-12-7-6-8-13(20-2)14(12)15(18)19/h6-8,17H,3-5,9-11H2,1-2H3,(H,18,19). The monoisotopic (exact) mass is 293 g/mol. The summed E-state index contributed by atoms with van der Waals surface area (Å²) in [6.07, 6.45) is 8.17. The van der Waals surface area contributed by atoms with Gasteiger partial charge in [-0.2, -0.15) is 0 Å². The Kier molecular flexibility index (Phi) is 4.97. The van der Waals surface area contributed by atoms with Crippen LogP contribution in [0, 0.1) is 5.41 Å². The molecule has 0 bridgehead atoms. The van der Waals surface area contributed by atoms with Crippen LogP contribution in [0.5, 0.6) is 0 Å². The van der Waals surface area contributed by atoms with Gasteiger partial charge in [0.05, 0.1) is 5.56 Å². The largest absolute Gasteiger partial charge is 0.478 e. The highest BCUT2D eigenvalue weighted by Crippen LogP contribution is 2.41. The van der Waals surface area contributed by atoms with Crippen LogP contribution < -0.4 is 5.32 Å². The van der Waals surface area contributed by atoms with Crippen LogP contribution in [0.1, 0.15) is 49.4 Å². The Morgan fingerprint density at radius 2 is 2.10 bits per heavy atom. The number of aromatic carboxylic acids is 1. The molecule has 0 aromatic heterocycles. The van der Waals surface area contributed by atoms with Gasteiger partial charge in [-0.1, -0.05) is 25.8 Å². The molecular formula is C16H23NO2S. The van der Waals surface area contributed by atoms with E-state index >= 15 is 0 Å². The van der Waals surface area contributed by atoms with Crippen LogP contribution in [0.2, 0.25) is 0 Å². The summed E-state index contributed by atoms with van der Waals surface area (Å²) in [5, 5.41) is 12.8. The number of carbonyl (C=O) groups is 1. The van der Waals surface area contributed by atoms with Crippen LogP contribution in [0.25, 0.3) is 0 Å². The van der Waals surface area contributed by atoms with Crippen molar-refractivity contribution in [2.24, 2.45) is 5.41 Å². The average molecular weight is 293 g/mol. The van der Waals surface area contributed by atoms with Crippen molar-refractivity contribution in [3.63, 3.8) is 0 Å². The molecule has 0 amide bonds. The fourth-order valence-corrected chi connectivity index (χ4v) is 3.75. The molecule has 4 heteroatoms. The molecule has 2 rings (SSSR count). The first-order valence-corrected chi connectivity index (χ1v) is 8.48. The average Bonchev–Trinajstić information content (AvgIpc) is 2.93. The van der Waals surface area contributed by atoms with E-state index in [1.807, 2.05) is 24.5 Å². The summed E-state index contributed by atoms with van der Waals surface area (Å²) in [6.45, 7) is 3.12. The molecule has 1 aromatic carbocycles. The maximum absolute atomic E-state index is 11.5. The molecule has 1 aromatic rings. The van der Waals surface area contributed by atoms with Gasteiger partial charge in [-0.05, 0) is 43.1 Å². The van der Waals surface area contributed by atoms with E-state index in [1.165, 1.54) is 37.4 Å². The van der Waals surface area contributed by atoms with Crippen molar-refractivity contribution in [2.75, 3.05) is 18.1 Å². The second-order valence-corrected chi connectivity index (χ2v) is 6.45. The van der Waals surface area contributed by atoms with Crippen molar-refractivity contribution < 1.29 is 9.90 Å². The minimum absolute atomic E-state index is 0.352. The number of anilines is 1. The first-order chi connectivity index (χ1) is 9.62. The Bertz CT molecular complexity index is 481. The molecule has 110 valence electrons. The van der Waals surface area contributed by atoms with Crippen molar-refractivity contribution in [3.05, 3.63) is 23.8 Å². The summed E-state index contributed by atoms with van der Waals surface area (Å²) in [7, 11) is 0. The van der Waals surface area contributed by atoms with Crippen LogP contribution in [0.3, 0.4) is 0 Å². The molecule has 1 saturated carbocycles. The van der Waals surface area contributed by atoms with Gasteiger partial charge in [0.1, 0.15) is 0 Å². The molecule has 2 N–H and O–H groups in total. The molecule has 20 heavy (non-hydrogen) atoms. The van der Waals surface area contributed by atoms with Gasteiger partial charge < -0.3 is 10.4 Å². The van der Waals surface area contributed by atoms with Crippen molar-refractivity contribution in [1.82, 2.24) is 0 Å². The first kappa shape index (κ1) is 15.2. The van der Waals surface area contributed by atoms with Gasteiger partial charge in [0.25, 0.3) is 0 Å². The van der Waals surface area contributed by atoms with Gasteiger partial charge in [-0.3, -0.25) is 0 Å². The molecule has 0 atom stereocenters. The lowest BCUT2D eigenvalue weighted by Crippen LogP contribution is -2.26. The number of carboxylic acids is 1. The molecule has 0 saturated heterocycles. The third-order valence-corrected chi connectivity index (χ3v) is 5.31. The summed E-state index contributed by atoms with van der Waals surface area (Å²) in [4.78, 5) is 12.3. The molecule has 1 aliphatic carbocycles. The quantitative estimate of drug-likeness (QED) is 0.759. The Labute approximate surface area is 125 Å². The minimum atomic E-state index is -0.852. The van der Waals surface area contributed by atoms with Crippen LogP contribution in [-0.4, -0.2) is 23.9 Å². The normalized spacial score (nSPS) is 17.1. The third-order valence-electron chi connectivity index (χ3n) is 4.53. The van der Waals surface area contributed by atoms with Gasteiger partial charge in [0, 0.05) is 17.1 Å².